The number of urea groups is 1. The summed E-state index contributed by atoms with van der Waals surface area (Å²) in [5, 5.41) is 7.33. The van der Waals surface area contributed by atoms with E-state index in [-0.39, 0.29) is 12.1 Å². The molecule has 2 heterocycles. The largest absolute Gasteiger partial charge is 0.322 e. The van der Waals surface area contributed by atoms with Crippen molar-refractivity contribution in [3.63, 3.8) is 0 Å². The molecule has 1 N–H and O–H groups in total. The second-order valence-electron chi connectivity index (χ2n) is 6.25. The van der Waals surface area contributed by atoms with Gasteiger partial charge in [-0.1, -0.05) is 26.0 Å². The molecule has 0 unspecified atom stereocenters. The molecule has 3 rings (SSSR count). The van der Waals surface area contributed by atoms with E-state index in [0.29, 0.717) is 6.54 Å². The number of hydrogen-bond acceptors (Lipinski definition) is 3. The lowest BCUT2D eigenvalue weighted by Gasteiger charge is -2.32. The first-order chi connectivity index (χ1) is 11.7. The number of nitrogens with zero attached hydrogens (tertiary/aromatic N) is 4. The Morgan fingerprint density at radius 3 is 2.92 bits per heavy atom. The van der Waals surface area contributed by atoms with Crippen LogP contribution >= 0.6 is 0 Å². The Balaban J connectivity index is 1.70. The Morgan fingerprint density at radius 2 is 2.21 bits per heavy atom. The van der Waals surface area contributed by atoms with E-state index in [9.17, 15) is 4.79 Å². The first-order valence-corrected chi connectivity index (χ1v) is 8.73. The molecule has 0 radical (unpaired) electrons. The molecule has 1 aliphatic rings. The smallest absolute Gasteiger partial charge is 0.321 e. The second-order valence-corrected chi connectivity index (χ2v) is 6.25. The second kappa shape index (κ2) is 7.47. The average molecular weight is 327 g/mol. The summed E-state index contributed by atoms with van der Waals surface area (Å²) in [5.74, 6) is 0. The van der Waals surface area contributed by atoms with Gasteiger partial charge in [-0.05, 0) is 42.9 Å². The number of carbonyl (C=O) groups is 1. The molecule has 0 spiro atoms. The highest BCUT2D eigenvalue weighted by atomic mass is 16.2. The van der Waals surface area contributed by atoms with Gasteiger partial charge >= 0.3 is 6.03 Å². The van der Waals surface area contributed by atoms with Gasteiger partial charge in [-0.2, -0.15) is 5.10 Å². The van der Waals surface area contributed by atoms with Crippen molar-refractivity contribution >= 4 is 11.7 Å². The van der Waals surface area contributed by atoms with Crippen LogP contribution in [-0.4, -0.2) is 38.8 Å². The Kier molecular flexibility index (Phi) is 5.13. The maximum Gasteiger partial charge on any atom is 0.321 e. The molecule has 24 heavy (non-hydrogen) atoms. The Labute approximate surface area is 142 Å². The topological polar surface area (TPSA) is 63.1 Å². The van der Waals surface area contributed by atoms with Gasteiger partial charge in [0.1, 0.15) is 12.7 Å². The number of likely N-dealkylation sites (tertiary alicyclic amines) is 1. The number of nitrogens with one attached hydrogen (secondary N) is 1. The van der Waals surface area contributed by atoms with Crippen molar-refractivity contribution in [2.75, 3.05) is 18.4 Å². The molecule has 2 amide bonds. The van der Waals surface area contributed by atoms with Crippen LogP contribution < -0.4 is 5.32 Å². The Morgan fingerprint density at radius 1 is 1.33 bits per heavy atom. The van der Waals surface area contributed by atoms with Gasteiger partial charge in [-0.3, -0.25) is 0 Å². The van der Waals surface area contributed by atoms with Crippen LogP contribution in [0.25, 0.3) is 0 Å². The molecule has 1 aromatic heterocycles. The molecular formula is C18H25N5O. The lowest BCUT2D eigenvalue weighted by molar-refractivity contribution is 0.174. The normalized spacial score (nSPS) is 17.8. The van der Waals surface area contributed by atoms with Gasteiger partial charge in [0, 0.05) is 18.8 Å². The molecular weight excluding hydrogens is 302 g/mol. The molecule has 1 atom stereocenters. The minimum atomic E-state index is -0.0252. The Bertz CT molecular complexity index is 683. The van der Waals surface area contributed by atoms with E-state index in [1.54, 1.807) is 12.7 Å². The van der Waals surface area contributed by atoms with E-state index < -0.39 is 0 Å². The molecule has 0 aliphatic carbocycles. The van der Waals surface area contributed by atoms with Gasteiger partial charge in [-0.25, -0.2) is 14.5 Å². The monoisotopic (exact) mass is 327 g/mol. The molecule has 0 bridgehead atoms. The summed E-state index contributed by atoms with van der Waals surface area (Å²) in [6.07, 6.45) is 7.15. The minimum Gasteiger partial charge on any atom is -0.322 e. The van der Waals surface area contributed by atoms with E-state index in [4.69, 9.17) is 0 Å². The van der Waals surface area contributed by atoms with Crippen molar-refractivity contribution in [1.82, 2.24) is 19.7 Å². The van der Waals surface area contributed by atoms with E-state index >= 15 is 0 Å². The van der Waals surface area contributed by atoms with Crippen molar-refractivity contribution < 1.29 is 4.79 Å². The number of hydrogen-bond donors (Lipinski definition) is 1. The molecule has 0 saturated carbocycles. The van der Waals surface area contributed by atoms with Crippen molar-refractivity contribution in [2.24, 2.45) is 0 Å². The lowest BCUT2D eigenvalue weighted by Crippen LogP contribution is -2.43. The predicted octanol–water partition coefficient (Wildman–Crippen LogP) is 3.27. The van der Waals surface area contributed by atoms with Crippen molar-refractivity contribution in [1.29, 1.82) is 0 Å². The number of carbonyl (C=O) groups excluding carboxylic acids is 1. The third-order valence-electron chi connectivity index (χ3n) is 4.70. The molecule has 6 nitrogen and oxygen atoms in total. The number of benzene rings is 1. The molecule has 1 saturated heterocycles. The van der Waals surface area contributed by atoms with Crippen molar-refractivity contribution in [3.8, 4) is 0 Å². The molecule has 2 aromatic rings. The maximum atomic E-state index is 12.7. The molecule has 128 valence electrons. The molecule has 1 aromatic carbocycles. The summed E-state index contributed by atoms with van der Waals surface area (Å²) in [6.45, 7) is 5.69. The number of anilines is 1. The summed E-state index contributed by atoms with van der Waals surface area (Å²) in [4.78, 5) is 18.6. The van der Waals surface area contributed by atoms with Crippen LogP contribution in [0.15, 0.2) is 30.9 Å². The maximum absolute atomic E-state index is 12.7. The summed E-state index contributed by atoms with van der Waals surface area (Å²) in [6, 6.07) is 6.52. The van der Waals surface area contributed by atoms with Gasteiger partial charge in [0.05, 0.1) is 6.04 Å². The van der Waals surface area contributed by atoms with E-state index in [0.717, 1.165) is 37.9 Å². The van der Waals surface area contributed by atoms with Gasteiger partial charge in [0.25, 0.3) is 0 Å². The van der Waals surface area contributed by atoms with E-state index in [1.165, 1.54) is 11.1 Å². The van der Waals surface area contributed by atoms with E-state index in [1.807, 2.05) is 9.58 Å². The van der Waals surface area contributed by atoms with Crippen LogP contribution in [0.5, 0.6) is 0 Å². The van der Waals surface area contributed by atoms with E-state index in [2.05, 4.69) is 47.4 Å². The third kappa shape index (κ3) is 3.58. The first kappa shape index (κ1) is 16.5. The summed E-state index contributed by atoms with van der Waals surface area (Å²) in [7, 11) is 0. The Hall–Kier alpha value is -2.37. The SMILES string of the molecule is CCc1ccc(CC)c(NC(=O)N2CCC[C@H](n3cncn3)C2)c1. The number of aromatic nitrogens is 3. The fourth-order valence-corrected chi connectivity index (χ4v) is 3.22. The minimum absolute atomic E-state index is 0.0252. The summed E-state index contributed by atoms with van der Waals surface area (Å²) in [5.41, 5.74) is 3.34. The van der Waals surface area contributed by atoms with Gasteiger partial charge in [-0.15, -0.1) is 0 Å². The molecule has 1 aliphatic heterocycles. The molecule has 1 fully saturated rings. The summed E-state index contributed by atoms with van der Waals surface area (Å²) < 4.78 is 1.86. The highest BCUT2D eigenvalue weighted by Gasteiger charge is 2.25. The predicted molar refractivity (Wildman–Crippen MR) is 94.1 cm³/mol. The average Bonchev–Trinajstić information content (AvgIpc) is 3.16. The standard InChI is InChI=1S/C18H25N5O/c1-3-14-7-8-15(4-2)17(10-14)21-18(24)22-9-5-6-16(11-22)23-13-19-12-20-23/h7-8,10,12-13,16H,3-6,9,11H2,1-2H3,(H,21,24)/t16-/m0/s1. The van der Waals surface area contributed by atoms with Crippen LogP contribution in [0.1, 0.15) is 43.9 Å². The fourth-order valence-electron chi connectivity index (χ4n) is 3.22. The van der Waals surface area contributed by atoms with Crippen LogP contribution in [0.4, 0.5) is 10.5 Å². The zero-order chi connectivity index (χ0) is 16.9. The lowest BCUT2D eigenvalue weighted by atomic mass is 10.0. The van der Waals surface area contributed by atoms with Gasteiger partial charge < -0.3 is 10.2 Å². The quantitative estimate of drug-likeness (QED) is 0.937. The van der Waals surface area contributed by atoms with Gasteiger partial charge in [0.2, 0.25) is 0 Å². The summed E-state index contributed by atoms with van der Waals surface area (Å²) >= 11 is 0. The highest BCUT2D eigenvalue weighted by Crippen LogP contribution is 2.23. The van der Waals surface area contributed by atoms with Crippen LogP contribution in [0, 0.1) is 0 Å². The zero-order valence-electron chi connectivity index (χ0n) is 14.4. The fraction of sp³-hybridized carbons (Fsp3) is 0.500. The molecule has 6 heteroatoms. The first-order valence-electron chi connectivity index (χ1n) is 8.73. The van der Waals surface area contributed by atoms with Crippen LogP contribution in [0.2, 0.25) is 0 Å². The van der Waals surface area contributed by atoms with Crippen LogP contribution in [-0.2, 0) is 12.8 Å². The number of piperidine rings is 1. The number of aryl methyl sites for hydroxylation is 2. The van der Waals surface area contributed by atoms with Gasteiger partial charge in [0.15, 0.2) is 0 Å². The highest BCUT2D eigenvalue weighted by molar-refractivity contribution is 5.90. The van der Waals surface area contributed by atoms with Crippen molar-refractivity contribution in [3.05, 3.63) is 42.0 Å². The van der Waals surface area contributed by atoms with Crippen molar-refractivity contribution in [2.45, 2.75) is 45.6 Å². The number of amides is 2. The van der Waals surface area contributed by atoms with Crippen LogP contribution in [0.3, 0.4) is 0 Å². The zero-order valence-corrected chi connectivity index (χ0v) is 14.4. The third-order valence-corrected chi connectivity index (χ3v) is 4.70. The number of rotatable bonds is 4.